The Morgan fingerprint density at radius 3 is 2.83 bits per heavy atom. The highest BCUT2D eigenvalue weighted by atomic mass is 32.2. The van der Waals surface area contributed by atoms with Crippen LogP contribution in [0, 0.1) is 6.92 Å². The fraction of sp³-hybridized carbons (Fsp3) is 0.278. The number of thioether (sulfide) groups is 1. The van der Waals surface area contributed by atoms with Gasteiger partial charge < -0.3 is 4.74 Å². The Kier molecular flexibility index (Phi) is 5.16. The second-order valence-electron chi connectivity index (χ2n) is 5.67. The van der Waals surface area contributed by atoms with Crippen molar-refractivity contribution in [1.82, 2.24) is 9.88 Å². The van der Waals surface area contributed by atoms with E-state index in [1.807, 2.05) is 31.2 Å². The van der Waals surface area contributed by atoms with E-state index in [-0.39, 0.29) is 11.2 Å². The van der Waals surface area contributed by atoms with Gasteiger partial charge in [0.1, 0.15) is 10.1 Å². The van der Waals surface area contributed by atoms with Gasteiger partial charge in [0.15, 0.2) is 0 Å². The molecule has 1 aromatic heterocycles. The maximum Gasteiger partial charge on any atom is 0.242 e. The minimum Gasteiger partial charge on any atom is -0.496 e. The molecule has 1 aliphatic rings. The van der Waals surface area contributed by atoms with Crippen LogP contribution in [0.25, 0.3) is 0 Å². The zero-order chi connectivity index (χ0) is 17.1. The van der Waals surface area contributed by atoms with Gasteiger partial charge in [0, 0.05) is 12.4 Å². The van der Waals surface area contributed by atoms with Crippen molar-refractivity contribution < 1.29 is 9.53 Å². The predicted molar refractivity (Wildman–Crippen MR) is 100 cm³/mol. The summed E-state index contributed by atoms with van der Waals surface area (Å²) in [4.78, 5) is 18.5. The van der Waals surface area contributed by atoms with Crippen molar-refractivity contribution in [3.8, 4) is 5.75 Å². The van der Waals surface area contributed by atoms with Gasteiger partial charge in [-0.05, 0) is 42.2 Å². The lowest BCUT2D eigenvalue weighted by Gasteiger charge is -2.15. The van der Waals surface area contributed by atoms with Gasteiger partial charge in [0.2, 0.25) is 5.91 Å². The first-order valence-corrected chi connectivity index (χ1v) is 8.91. The first-order chi connectivity index (χ1) is 11.6. The molecule has 1 amide bonds. The van der Waals surface area contributed by atoms with Gasteiger partial charge in [-0.3, -0.25) is 14.7 Å². The Balaban J connectivity index is 1.71. The van der Waals surface area contributed by atoms with Crippen molar-refractivity contribution in [3.63, 3.8) is 0 Å². The van der Waals surface area contributed by atoms with Crippen LogP contribution >= 0.6 is 24.0 Å². The van der Waals surface area contributed by atoms with Crippen LogP contribution in [0.1, 0.15) is 16.7 Å². The Bertz CT molecular complexity index is 765. The Morgan fingerprint density at radius 1 is 1.33 bits per heavy atom. The van der Waals surface area contributed by atoms with E-state index in [1.165, 1.54) is 11.8 Å². The van der Waals surface area contributed by atoms with Gasteiger partial charge >= 0.3 is 0 Å². The van der Waals surface area contributed by atoms with E-state index >= 15 is 0 Å². The lowest BCUT2D eigenvalue weighted by atomic mass is 10.1. The predicted octanol–water partition coefficient (Wildman–Crippen LogP) is 3.37. The molecule has 0 saturated carbocycles. The highest BCUT2D eigenvalue weighted by Gasteiger charge is 2.36. The van der Waals surface area contributed by atoms with Crippen LogP contribution in [-0.2, 0) is 17.8 Å². The van der Waals surface area contributed by atoms with E-state index in [2.05, 4.69) is 11.1 Å². The van der Waals surface area contributed by atoms with Crippen LogP contribution in [0.5, 0.6) is 5.75 Å². The van der Waals surface area contributed by atoms with Crippen LogP contribution < -0.4 is 4.74 Å². The summed E-state index contributed by atoms with van der Waals surface area (Å²) >= 11 is 6.87. The molecule has 6 heteroatoms. The molecule has 3 rings (SSSR count). The number of rotatable bonds is 5. The molecule has 0 N–H and O–H groups in total. The van der Waals surface area contributed by atoms with Crippen molar-refractivity contribution in [3.05, 3.63) is 59.4 Å². The molecule has 24 heavy (non-hydrogen) atoms. The molecule has 0 aliphatic carbocycles. The molecule has 1 saturated heterocycles. The summed E-state index contributed by atoms with van der Waals surface area (Å²) in [7, 11) is 1.66. The molecule has 2 aromatic rings. The highest BCUT2D eigenvalue weighted by molar-refractivity contribution is 8.24. The number of nitrogens with zero attached hydrogens (tertiary/aromatic N) is 2. The van der Waals surface area contributed by atoms with Crippen LogP contribution in [0.15, 0.2) is 42.7 Å². The molecule has 1 aliphatic heterocycles. The van der Waals surface area contributed by atoms with Crippen molar-refractivity contribution in [2.45, 2.75) is 25.1 Å². The molecule has 2 heterocycles. The normalized spacial score (nSPS) is 17.4. The molecule has 1 fully saturated rings. The molecule has 1 aromatic carbocycles. The molecule has 4 nitrogen and oxygen atoms in total. The molecular formula is C18H18N2O2S2. The van der Waals surface area contributed by atoms with E-state index in [0.717, 1.165) is 22.4 Å². The zero-order valence-electron chi connectivity index (χ0n) is 13.6. The van der Waals surface area contributed by atoms with Gasteiger partial charge in [0.25, 0.3) is 0 Å². The summed E-state index contributed by atoms with van der Waals surface area (Å²) in [6.07, 6.45) is 4.15. The van der Waals surface area contributed by atoms with Crippen LogP contribution in [0.2, 0.25) is 0 Å². The second kappa shape index (κ2) is 7.32. The SMILES string of the molecule is COc1ccc(C[C@@H]2SC(=S)N(Cc3cccnc3)C2=O)cc1C. The van der Waals surface area contributed by atoms with Crippen LogP contribution in [0.3, 0.4) is 0 Å². The van der Waals surface area contributed by atoms with Gasteiger partial charge in [-0.1, -0.05) is 42.2 Å². The summed E-state index contributed by atoms with van der Waals surface area (Å²) in [6, 6.07) is 9.84. The number of benzene rings is 1. The Labute approximate surface area is 151 Å². The topological polar surface area (TPSA) is 42.4 Å². The molecule has 1 atom stereocenters. The number of aromatic nitrogens is 1. The third kappa shape index (κ3) is 3.60. The number of aryl methyl sites for hydroxylation is 1. The largest absolute Gasteiger partial charge is 0.496 e. The molecule has 0 spiro atoms. The van der Waals surface area contributed by atoms with Gasteiger partial charge in [0.05, 0.1) is 18.9 Å². The molecule has 124 valence electrons. The summed E-state index contributed by atoms with van der Waals surface area (Å²) in [5, 5.41) is -0.165. The lowest BCUT2D eigenvalue weighted by molar-refractivity contribution is -0.126. The third-order valence-corrected chi connectivity index (χ3v) is 5.53. The fourth-order valence-electron chi connectivity index (χ4n) is 2.73. The summed E-state index contributed by atoms with van der Waals surface area (Å²) in [6.45, 7) is 2.49. The van der Waals surface area contributed by atoms with Crippen molar-refractivity contribution in [2.24, 2.45) is 0 Å². The number of thiocarbonyl (C=S) groups is 1. The van der Waals surface area contributed by atoms with Gasteiger partial charge in [-0.2, -0.15) is 0 Å². The number of hydrogen-bond donors (Lipinski definition) is 0. The minimum atomic E-state index is -0.165. The Hall–Kier alpha value is -1.92. The number of carbonyl (C=O) groups excluding carboxylic acids is 1. The van der Waals surface area contributed by atoms with E-state index in [4.69, 9.17) is 17.0 Å². The smallest absolute Gasteiger partial charge is 0.242 e. The third-order valence-electron chi connectivity index (χ3n) is 3.95. The van der Waals surface area contributed by atoms with Crippen LogP contribution in [0.4, 0.5) is 0 Å². The van der Waals surface area contributed by atoms with E-state index in [1.54, 1.807) is 24.4 Å². The average Bonchev–Trinajstić information content (AvgIpc) is 2.84. The number of carbonyl (C=O) groups is 1. The van der Waals surface area contributed by atoms with Crippen LogP contribution in [-0.4, -0.2) is 32.5 Å². The van der Waals surface area contributed by atoms with Gasteiger partial charge in [-0.15, -0.1) is 0 Å². The quantitative estimate of drug-likeness (QED) is 0.767. The maximum atomic E-state index is 12.7. The van der Waals surface area contributed by atoms with Crippen molar-refractivity contribution in [2.75, 3.05) is 7.11 Å². The van der Waals surface area contributed by atoms with Crippen molar-refractivity contribution in [1.29, 1.82) is 0 Å². The monoisotopic (exact) mass is 358 g/mol. The molecule has 0 unspecified atom stereocenters. The van der Waals surface area contributed by atoms with Crippen molar-refractivity contribution >= 4 is 34.2 Å². The first kappa shape index (κ1) is 16.9. The fourth-order valence-corrected chi connectivity index (χ4v) is 4.26. The average molecular weight is 358 g/mol. The molecule has 0 bridgehead atoms. The first-order valence-electron chi connectivity index (χ1n) is 7.63. The minimum absolute atomic E-state index is 0.0716. The molecular weight excluding hydrogens is 340 g/mol. The zero-order valence-corrected chi connectivity index (χ0v) is 15.2. The van der Waals surface area contributed by atoms with E-state index in [9.17, 15) is 4.79 Å². The maximum absolute atomic E-state index is 12.7. The van der Waals surface area contributed by atoms with E-state index < -0.39 is 0 Å². The number of methoxy groups -OCH3 is 1. The highest BCUT2D eigenvalue weighted by Crippen LogP contribution is 2.32. The Morgan fingerprint density at radius 2 is 2.17 bits per heavy atom. The second-order valence-corrected chi connectivity index (χ2v) is 7.50. The number of hydrogen-bond acceptors (Lipinski definition) is 5. The number of amides is 1. The summed E-state index contributed by atoms with van der Waals surface area (Å²) < 4.78 is 5.92. The standard InChI is InChI=1S/C18H18N2O2S2/c1-12-8-13(5-6-15(12)22-2)9-16-17(21)20(18(23)24-16)11-14-4-3-7-19-10-14/h3-8,10,16H,9,11H2,1-2H3/t16-/m0/s1. The van der Waals surface area contributed by atoms with Gasteiger partial charge in [-0.25, -0.2) is 0 Å². The number of ether oxygens (including phenoxy) is 1. The summed E-state index contributed by atoms with van der Waals surface area (Å²) in [5.74, 6) is 0.931. The number of pyridine rings is 1. The molecule has 0 radical (unpaired) electrons. The summed E-state index contributed by atoms with van der Waals surface area (Å²) in [5.41, 5.74) is 3.17. The van der Waals surface area contributed by atoms with E-state index in [0.29, 0.717) is 17.3 Å². The lowest BCUT2D eigenvalue weighted by Crippen LogP contribution is -2.31.